The van der Waals surface area contributed by atoms with Crippen molar-refractivity contribution in [3.05, 3.63) is 11.6 Å². The van der Waals surface area contributed by atoms with E-state index in [1.165, 1.54) is 5.06 Å². The number of benzene rings is 1. The molecule has 1 N–H and O–H groups in total. The molecule has 6 heteroatoms. The van der Waals surface area contributed by atoms with Crippen molar-refractivity contribution in [2.75, 3.05) is 27.1 Å². The number of fused-ring (bicyclic) bond motifs is 1. The van der Waals surface area contributed by atoms with E-state index in [1.807, 2.05) is 6.07 Å². The third-order valence-electron chi connectivity index (χ3n) is 3.93. The minimum Gasteiger partial charge on any atom is -0.493 e. The Bertz CT molecular complexity index is 509. The summed E-state index contributed by atoms with van der Waals surface area (Å²) in [6.07, 6.45) is 3.24. The molecule has 0 radical (unpaired) electrons. The van der Waals surface area contributed by atoms with Crippen LogP contribution < -0.4 is 14.2 Å². The van der Waals surface area contributed by atoms with Crippen LogP contribution in [0.4, 0.5) is 0 Å². The van der Waals surface area contributed by atoms with Crippen molar-refractivity contribution in [2.45, 2.75) is 43.7 Å². The van der Waals surface area contributed by atoms with Gasteiger partial charge in [-0.15, -0.1) is 11.8 Å². The van der Waals surface area contributed by atoms with E-state index in [1.54, 1.807) is 33.1 Å². The molecule has 0 bridgehead atoms. The van der Waals surface area contributed by atoms with Crippen LogP contribution in [0.15, 0.2) is 11.0 Å². The molecule has 0 spiro atoms. The van der Waals surface area contributed by atoms with Gasteiger partial charge in [-0.25, -0.2) is 0 Å². The van der Waals surface area contributed by atoms with Gasteiger partial charge in [0.25, 0.3) is 0 Å². The Labute approximate surface area is 136 Å². The summed E-state index contributed by atoms with van der Waals surface area (Å²) in [5, 5.41) is 11.8. The fraction of sp³-hybridized carbons (Fsp3) is 0.625. The van der Waals surface area contributed by atoms with Crippen molar-refractivity contribution >= 4 is 11.8 Å². The van der Waals surface area contributed by atoms with E-state index < -0.39 is 0 Å². The molecule has 0 aromatic heterocycles. The summed E-state index contributed by atoms with van der Waals surface area (Å²) in [5.74, 6) is 2.74. The van der Waals surface area contributed by atoms with Crippen LogP contribution in [0.3, 0.4) is 0 Å². The summed E-state index contributed by atoms with van der Waals surface area (Å²) < 4.78 is 16.4. The van der Waals surface area contributed by atoms with Gasteiger partial charge in [0.05, 0.1) is 32.8 Å². The average molecular weight is 327 g/mol. The second-order valence-corrected chi connectivity index (χ2v) is 6.37. The van der Waals surface area contributed by atoms with Crippen LogP contribution in [0.1, 0.15) is 31.7 Å². The highest BCUT2D eigenvalue weighted by Crippen LogP contribution is 2.48. The molecule has 124 valence electrons. The number of methoxy groups -OCH3 is 3. The first-order valence-electron chi connectivity index (χ1n) is 7.56. The number of rotatable bonds is 6. The SMILES string of the molecule is CCCCC1CSc2c(cc(OC)c(OC)c2OC)CN1O. The van der Waals surface area contributed by atoms with Gasteiger partial charge >= 0.3 is 0 Å². The molecule has 1 aliphatic rings. The van der Waals surface area contributed by atoms with Gasteiger partial charge in [-0.1, -0.05) is 19.8 Å². The first-order valence-corrected chi connectivity index (χ1v) is 8.54. The fourth-order valence-corrected chi connectivity index (χ4v) is 4.01. The highest BCUT2D eigenvalue weighted by molar-refractivity contribution is 7.99. The molecule has 5 nitrogen and oxygen atoms in total. The Morgan fingerprint density at radius 1 is 1.23 bits per heavy atom. The van der Waals surface area contributed by atoms with Gasteiger partial charge in [-0.3, -0.25) is 0 Å². The van der Waals surface area contributed by atoms with Crippen molar-refractivity contribution in [3.8, 4) is 17.2 Å². The number of ether oxygens (including phenoxy) is 3. The molecule has 1 unspecified atom stereocenters. The summed E-state index contributed by atoms with van der Waals surface area (Å²) in [7, 11) is 4.85. The average Bonchev–Trinajstić information content (AvgIpc) is 2.69. The molecular formula is C16H25NO4S. The lowest BCUT2D eigenvalue weighted by molar-refractivity contribution is -0.130. The van der Waals surface area contributed by atoms with Crippen LogP contribution in [0.5, 0.6) is 17.2 Å². The van der Waals surface area contributed by atoms with Crippen molar-refractivity contribution in [3.63, 3.8) is 0 Å². The minimum atomic E-state index is 0.152. The lowest BCUT2D eigenvalue weighted by Crippen LogP contribution is -2.32. The van der Waals surface area contributed by atoms with Crippen LogP contribution in [0.25, 0.3) is 0 Å². The van der Waals surface area contributed by atoms with Gasteiger partial charge < -0.3 is 19.4 Å². The second kappa shape index (κ2) is 7.94. The van der Waals surface area contributed by atoms with E-state index in [2.05, 4.69) is 6.92 Å². The number of nitrogens with zero attached hydrogens (tertiary/aromatic N) is 1. The number of thioether (sulfide) groups is 1. The van der Waals surface area contributed by atoms with E-state index in [0.29, 0.717) is 23.8 Å². The topological polar surface area (TPSA) is 51.2 Å². The van der Waals surface area contributed by atoms with Crippen molar-refractivity contribution in [1.29, 1.82) is 0 Å². The molecule has 1 aromatic rings. The molecule has 0 amide bonds. The van der Waals surface area contributed by atoms with Crippen molar-refractivity contribution < 1.29 is 19.4 Å². The predicted molar refractivity (Wildman–Crippen MR) is 87.5 cm³/mol. The number of hydroxylamine groups is 2. The highest BCUT2D eigenvalue weighted by Gasteiger charge is 2.28. The molecule has 0 aliphatic carbocycles. The summed E-state index contributed by atoms with van der Waals surface area (Å²) in [6.45, 7) is 2.63. The smallest absolute Gasteiger partial charge is 0.204 e. The standard InChI is InChI=1S/C16H25NO4S/c1-5-6-7-12-10-22-16-11(9-17(12)18)8-13(19-2)14(20-3)15(16)21-4/h8,12,18H,5-7,9-10H2,1-4H3. The Morgan fingerprint density at radius 3 is 2.55 bits per heavy atom. The number of hydrogen-bond donors (Lipinski definition) is 1. The largest absolute Gasteiger partial charge is 0.493 e. The minimum absolute atomic E-state index is 0.152. The second-order valence-electron chi connectivity index (χ2n) is 5.34. The summed E-state index contributed by atoms with van der Waals surface area (Å²) in [5.41, 5.74) is 1.00. The Balaban J connectivity index is 2.37. The van der Waals surface area contributed by atoms with Gasteiger partial charge in [0, 0.05) is 11.8 Å². The van der Waals surface area contributed by atoms with E-state index >= 15 is 0 Å². The van der Waals surface area contributed by atoms with Crippen LogP contribution in [0.2, 0.25) is 0 Å². The Hall–Kier alpha value is -1.11. The van der Waals surface area contributed by atoms with Crippen LogP contribution in [-0.4, -0.2) is 43.4 Å². The molecule has 1 heterocycles. The first kappa shape index (κ1) is 17.2. The van der Waals surface area contributed by atoms with Gasteiger partial charge in [-0.05, 0) is 18.1 Å². The lowest BCUT2D eigenvalue weighted by atomic mass is 10.1. The highest BCUT2D eigenvalue weighted by atomic mass is 32.2. The molecule has 22 heavy (non-hydrogen) atoms. The number of hydrogen-bond acceptors (Lipinski definition) is 6. The van der Waals surface area contributed by atoms with Gasteiger partial charge in [0.2, 0.25) is 5.75 Å². The summed E-state index contributed by atoms with van der Waals surface area (Å²) in [6, 6.07) is 2.08. The molecule has 2 rings (SSSR count). The molecule has 0 saturated heterocycles. The molecule has 1 aromatic carbocycles. The Kier molecular flexibility index (Phi) is 6.23. The maximum absolute atomic E-state index is 10.4. The summed E-state index contributed by atoms with van der Waals surface area (Å²) in [4.78, 5) is 1.03. The van der Waals surface area contributed by atoms with Gasteiger partial charge in [-0.2, -0.15) is 5.06 Å². The molecular weight excluding hydrogens is 302 g/mol. The quantitative estimate of drug-likeness (QED) is 0.862. The predicted octanol–water partition coefficient (Wildman–Crippen LogP) is 3.57. The molecule has 0 fully saturated rings. The molecule has 1 atom stereocenters. The van der Waals surface area contributed by atoms with Crippen LogP contribution >= 0.6 is 11.8 Å². The van der Waals surface area contributed by atoms with E-state index in [9.17, 15) is 5.21 Å². The van der Waals surface area contributed by atoms with Gasteiger partial charge in [0.1, 0.15) is 0 Å². The van der Waals surface area contributed by atoms with Gasteiger partial charge in [0.15, 0.2) is 11.5 Å². The van der Waals surface area contributed by atoms with E-state index in [4.69, 9.17) is 14.2 Å². The normalized spacial score (nSPS) is 18.5. The van der Waals surface area contributed by atoms with Crippen molar-refractivity contribution in [2.24, 2.45) is 0 Å². The lowest BCUT2D eigenvalue weighted by Gasteiger charge is -2.23. The maximum atomic E-state index is 10.4. The third-order valence-corrected chi connectivity index (χ3v) is 5.21. The fourth-order valence-electron chi connectivity index (χ4n) is 2.70. The zero-order valence-corrected chi connectivity index (χ0v) is 14.5. The third kappa shape index (κ3) is 3.45. The first-order chi connectivity index (χ1) is 10.7. The molecule has 1 aliphatic heterocycles. The zero-order valence-electron chi connectivity index (χ0n) is 13.7. The Morgan fingerprint density at radius 2 is 1.95 bits per heavy atom. The van der Waals surface area contributed by atoms with Crippen LogP contribution in [-0.2, 0) is 6.54 Å². The van der Waals surface area contributed by atoms with E-state index in [-0.39, 0.29) is 6.04 Å². The maximum Gasteiger partial charge on any atom is 0.204 e. The monoisotopic (exact) mass is 327 g/mol. The van der Waals surface area contributed by atoms with Crippen molar-refractivity contribution in [1.82, 2.24) is 5.06 Å². The zero-order chi connectivity index (χ0) is 16.1. The molecule has 0 saturated carbocycles. The van der Waals surface area contributed by atoms with E-state index in [0.717, 1.165) is 35.5 Å². The summed E-state index contributed by atoms with van der Waals surface area (Å²) >= 11 is 1.71. The number of unbranched alkanes of at least 4 members (excludes halogenated alkanes) is 1. The van der Waals surface area contributed by atoms with Crippen LogP contribution in [0, 0.1) is 0 Å².